The molecule has 0 saturated carbocycles. The molecule has 144 valence electrons. The van der Waals surface area contributed by atoms with Crippen LogP contribution in [0.15, 0.2) is 29.1 Å². The van der Waals surface area contributed by atoms with Crippen LogP contribution in [0.3, 0.4) is 0 Å². The number of nitrogens with zero attached hydrogens (tertiary/aromatic N) is 4. The van der Waals surface area contributed by atoms with E-state index < -0.39 is 0 Å². The number of aryl methyl sites for hydroxylation is 2. The number of carbonyl (C=O) groups is 2. The van der Waals surface area contributed by atoms with Gasteiger partial charge < -0.3 is 4.90 Å². The molecule has 7 nitrogen and oxygen atoms in total. The molecule has 0 unspecified atom stereocenters. The van der Waals surface area contributed by atoms with E-state index in [0.29, 0.717) is 33.7 Å². The van der Waals surface area contributed by atoms with E-state index in [-0.39, 0.29) is 24.0 Å². The van der Waals surface area contributed by atoms with Crippen LogP contribution in [0.4, 0.5) is 0 Å². The zero-order valence-electron chi connectivity index (χ0n) is 16.1. The van der Waals surface area contributed by atoms with Crippen molar-refractivity contribution in [2.45, 2.75) is 27.1 Å². The number of hydrogen-bond donors (Lipinski definition) is 0. The van der Waals surface area contributed by atoms with Gasteiger partial charge in [0.1, 0.15) is 17.3 Å². The van der Waals surface area contributed by atoms with Gasteiger partial charge in [-0.2, -0.15) is 0 Å². The Hall–Kier alpha value is -2.84. The molecule has 0 fully saturated rings. The highest BCUT2D eigenvalue weighted by molar-refractivity contribution is 7.18. The quantitative estimate of drug-likeness (QED) is 0.633. The van der Waals surface area contributed by atoms with Crippen molar-refractivity contribution < 1.29 is 9.59 Å². The normalized spacial score (nSPS) is 13.8. The number of aromatic nitrogens is 2. The number of carbonyl (C=O) groups excluding carboxylic acids is 2. The first-order valence-electron chi connectivity index (χ1n) is 8.89. The second kappa shape index (κ2) is 6.65. The lowest BCUT2D eigenvalue weighted by atomic mass is 10.1. The van der Waals surface area contributed by atoms with E-state index in [1.807, 2.05) is 32.8 Å². The van der Waals surface area contributed by atoms with Crippen molar-refractivity contribution in [3.63, 3.8) is 0 Å². The number of hydrogen-bond acceptors (Lipinski definition) is 6. The van der Waals surface area contributed by atoms with Crippen molar-refractivity contribution in [2.24, 2.45) is 0 Å². The third kappa shape index (κ3) is 2.76. The Morgan fingerprint density at radius 1 is 1.04 bits per heavy atom. The largest absolute Gasteiger partial charge is 0.302 e. The third-order valence-electron chi connectivity index (χ3n) is 4.99. The summed E-state index contributed by atoms with van der Waals surface area (Å²) in [6.07, 6.45) is 0. The summed E-state index contributed by atoms with van der Waals surface area (Å²) in [6.45, 7) is 4.13. The lowest BCUT2D eigenvalue weighted by Crippen LogP contribution is -2.38. The summed E-state index contributed by atoms with van der Waals surface area (Å²) in [5.41, 5.74) is 1.41. The summed E-state index contributed by atoms with van der Waals surface area (Å²) in [6, 6.07) is 6.71. The molecular weight excluding hydrogens is 376 g/mol. The molecule has 3 aromatic rings. The maximum atomic E-state index is 13.3. The van der Waals surface area contributed by atoms with Gasteiger partial charge in [0.25, 0.3) is 17.4 Å². The molecule has 0 spiro atoms. The minimum Gasteiger partial charge on any atom is -0.302 e. The highest BCUT2D eigenvalue weighted by Gasteiger charge is 2.36. The number of amides is 2. The molecule has 4 rings (SSSR count). The molecule has 1 aliphatic rings. The van der Waals surface area contributed by atoms with Crippen molar-refractivity contribution in [1.29, 1.82) is 0 Å². The number of rotatable bonds is 4. The topological polar surface area (TPSA) is 75.5 Å². The Morgan fingerprint density at radius 3 is 2.21 bits per heavy atom. The van der Waals surface area contributed by atoms with Gasteiger partial charge in [-0.3, -0.25) is 23.9 Å². The fourth-order valence-corrected chi connectivity index (χ4v) is 4.47. The van der Waals surface area contributed by atoms with Crippen LogP contribution < -0.4 is 5.56 Å². The average Bonchev–Trinajstić information content (AvgIpc) is 3.06. The van der Waals surface area contributed by atoms with Crippen molar-refractivity contribution in [3.05, 3.63) is 62.0 Å². The molecule has 2 aromatic heterocycles. The Morgan fingerprint density at radius 2 is 1.64 bits per heavy atom. The van der Waals surface area contributed by atoms with Gasteiger partial charge >= 0.3 is 0 Å². The first-order chi connectivity index (χ1) is 13.3. The Balaban J connectivity index is 1.85. The Bertz CT molecular complexity index is 1160. The predicted octanol–water partition coefficient (Wildman–Crippen LogP) is 2.39. The molecule has 3 heterocycles. The van der Waals surface area contributed by atoms with Crippen molar-refractivity contribution in [3.8, 4) is 0 Å². The molecule has 0 N–H and O–H groups in total. The molecule has 1 aliphatic heterocycles. The summed E-state index contributed by atoms with van der Waals surface area (Å²) < 4.78 is 1.45. The molecule has 0 bridgehead atoms. The fraction of sp³-hybridized carbons (Fsp3) is 0.300. The highest BCUT2D eigenvalue weighted by Crippen LogP contribution is 2.27. The van der Waals surface area contributed by atoms with Gasteiger partial charge in [0, 0.05) is 4.88 Å². The van der Waals surface area contributed by atoms with Crippen molar-refractivity contribution >= 4 is 33.4 Å². The Kier molecular flexibility index (Phi) is 4.40. The van der Waals surface area contributed by atoms with Gasteiger partial charge in [-0.1, -0.05) is 12.1 Å². The van der Waals surface area contributed by atoms with Crippen LogP contribution in [0.25, 0.3) is 10.2 Å². The second-order valence-electron chi connectivity index (χ2n) is 7.19. The van der Waals surface area contributed by atoms with Crippen LogP contribution in [-0.2, 0) is 13.2 Å². The molecular formula is C20H20N4O3S. The Labute approximate surface area is 165 Å². The van der Waals surface area contributed by atoms with Crippen LogP contribution >= 0.6 is 11.3 Å². The van der Waals surface area contributed by atoms with Crippen LogP contribution in [0.2, 0.25) is 0 Å². The standard InChI is InChI=1S/C20H20N4O3S/c1-11-12(2)28-17-16(11)20(27)23(15(21-17)9-22(3)4)10-24-18(25)13-7-5-6-8-14(13)19(24)26/h5-8H,9-10H2,1-4H3. The molecule has 0 saturated heterocycles. The maximum absolute atomic E-state index is 13.3. The predicted molar refractivity (Wildman–Crippen MR) is 108 cm³/mol. The molecule has 8 heteroatoms. The van der Waals surface area contributed by atoms with Gasteiger partial charge in [0.05, 0.1) is 23.1 Å². The maximum Gasteiger partial charge on any atom is 0.264 e. The van der Waals surface area contributed by atoms with Crippen molar-refractivity contribution in [2.75, 3.05) is 14.1 Å². The smallest absolute Gasteiger partial charge is 0.264 e. The first kappa shape index (κ1) is 18.5. The lowest BCUT2D eigenvalue weighted by Gasteiger charge is -2.20. The van der Waals surface area contributed by atoms with E-state index in [1.165, 1.54) is 15.9 Å². The van der Waals surface area contributed by atoms with Crippen LogP contribution in [0, 0.1) is 13.8 Å². The molecule has 0 aliphatic carbocycles. The van der Waals surface area contributed by atoms with E-state index in [4.69, 9.17) is 0 Å². The fourth-order valence-electron chi connectivity index (χ4n) is 3.43. The summed E-state index contributed by atoms with van der Waals surface area (Å²) in [7, 11) is 3.77. The molecule has 1 aromatic carbocycles. The van der Waals surface area contributed by atoms with E-state index in [0.717, 1.165) is 15.3 Å². The highest BCUT2D eigenvalue weighted by atomic mass is 32.1. The van der Waals surface area contributed by atoms with Gasteiger partial charge in [-0.15, -0.1) is 11.3 Å². The van der Waals surface area contributed by atoms with E-state index >= 15 is 0 Å². The van der Waals surface area contributed by atoms with E-state index in [2.05, 4.69) is 4.98 Å². The van der Waals surface area contributed by atoms with Gasteiger partial charge in [-0.05, 0) is 45.6 Å². The minimum absolute atomic E-state index is 0.147. The number of imide groups is 1. The summed E-state index contributed by atoms with van der Waals surface area (Å²) in [4.78, 5) is 48.2. The van der Waals surface area contributed by atoms with Crippen molar-refractivity contribution in [1.82, 2.24) is 19.4 Å². The summed E-state index contributed by atoms with van der Waals surface area (Å²) in [5, 5.41) is 0.557. The molecule has 0 atom stereocenters. The number of benzene rings is 1. The molecule has 2 amide bonds. The van der Waals surface area contributed by atoms with E-state index in [9.17, 15) is 14.4 Å². The van der Waals surface area contributed by atoms with Gasteiger partial charge in [-0.25, -0.2) is 4.98 Å². The minimum atomic E-state index is -0.387. The first-order valence-corrected chi connectivity index (χ1v) is 9.70. The van der Waals surface area contributed by atoms with Gasteiger partial charge in [0.15, 0.2) is 0 Å². The molecule has 0 radical (unpaired) electrons. The third-order valence-corrected chi connectivity index (χ3v) is 6.09. The van der Waals surface area contributed by atoms with Crippen LogP contribution in [0.5, 0.6) is 0 Å². The SMILES string of the molecule is Cc1sc2nc(CN(C)C)n(CN3C(=O)c4ccccc4C3=O)c(=O)c2c1C. The lowest BCUT2D eigenvalue weighted by molar-refractivity contribution is 0.0600. The average molecular weight is 396 g/mol. The summed E-state index contributed by atoms with van der Waals surface area (Å²) >= 11 is 1.49. The second-order valence-corrected chi connectivity index (χ2v) is 8.39. The zero-order valence-corrected chi connectivity index (χ0v) is 17.0. The van der Waals surface area contributed by atoms with E-state index in [1.54, 1.807) is 24.3 Å². The van der Waals surface area contributed by atoms with Crippen LogP contribution in [0.1, 0.15) is 37.0 Å². The zero-order chi connectivity index (χ0) is 20.2. The number of thiophene rings is 1. The molecule has 28 heavy (non-hydrogen) atoms. The number of fused-ring (bicyclic) bond motifs is 2. The van der Waals surface area contributed by atoms with Crippen LogP contribution in [-0.4, -0.2) is 45.3 Å². The monoisotopic (exact) mass is 396 g/mol. The van der Waals surface area contributed by atoms with Gasteiger partial charge in [0.2, 0.25) is 0 Å². The summed E-state index contributed by atoms with van der Waals surface area (Å²) in [5.74, 6) is -0.247.